The molecule has 0 aromatic carbocycles. The molecule has 0 heterocycles. The summed E-state index contributed by atoms with van der Waals surface area (Å²) in [7, 11) is 0. The molecule has 4 heteroatoms. The molecule has 0 aliphatic heterocycles. The fourth-order valence-corrected chi connectivity index (χ4v) is 2.24. The van der Waals surface area contributed by atoms with Crippen LogP contribution >= 0.6 is 0 Å². The zero-order chi connectivity index (χ0) is 19.3. The molecule has 2 nitrogen and oxygen atoms in total. The molecule has 0 aromatic heterocycles. The van der Waals surface area contributed by atoms with Gasteiger partial charge in [0.15, 0.2) is 0 Å². The van der Waals surface area contributed by atoms with E-state index < -0.39 is 12.3 Å². The van der Waals surface area contributed by atoms with Gasteiger partial charge in [-0.3, -0.25) is 4.79 Å². The van der Waals surface area contributed by atoms with Gasteiger partial charge in [-0.25, -0.2) is 0 Å². The minimum atomic E-state index is -2.91. The van der Waals surface area contributed by atoms with Crippen LogP contribution in [0, 0.1) is 0 Å². The quantitative estimate of drug-likeness (QED) is 0.244. The Hall–Kier alpha value is -1.71. The zero-order valence-electron chi connectivity index (χ0n) is 16.1. The highest BCUT2D eigenvalue weighted by Crippen LogP contribution is 2.01. The Morgan fingerprint density at radius 1 is 0.769 bits per heavy atom. The summed E-state index contributed by atoms with van der Waals surface area (Å²) in [5.74, 6) is -1.18. The third-order valence-electron chi connectivity index (χ3n) is 3.75. The normalized spacial score (nSPS) is 12.5. The van der Waals surface area contributed by atoms with Gasteiger partial charge in [-0.05, 0) is 51.4 Å². The van der Waals surface area contributed by atoms with Crippen LogP contribution in [-0.4, -0.2) is 18.9 Å². The van der Waals surface area contributed by atoms with Crippen molar-refractivity contribution in [3.8, 4) is 0 Å². The van der Waals surface area contributed by atoms with Gasteiger partial charge in [0, 0.05) is 6.54 Å². The minimum Gasteiger partial charge on any atom is -0.351 e. The number of hydrogen-bond donors (Lipinski definition) is 1. The van der Waals surface area contributed by atoms with E-state index in [4.69, 9.17) is 0 Å². The van der Waals surface area contributed by atoms with Gasteiger partial charge < -0.3 is 5.32 Å². The van der Waals surface area contributed by atoms with Crippen LogP contribution in [0.15, 0.2) is 48.6 Å². The number of alkyl halides is 2. The van der Waals surface area contributed by atoms with Crippen LogP contribution in [0.25, 0.3) is 0 Å². The number of carbonyl (C=O) groups excluding carboxylic acids is 1. The summed E-state index contributed by atoms with van der Waals surface area (Å²) in [4.78, 5) is 10.6. The first kappa shape index (κ1) is 24.3. The van der Waals surface area contributed by atoms with Crippen LogP contribution < -0.4 is 5.32 Å². The molecule has 0 aliphatic rings. The predicted molar refractivity (Wildman–Crippen MR) is 107 cm³/mol. The van der Waals surface area contributed by atoms with Gasteiger partial charge in [0.05, 0.1) is 0 Å². The van der Waals surface area contributed by atoms with Crippen molar-refractivity contribution in [2.75, 3.05) is 6.54 Å². The summed E-state index contributed by atoms with van der Waals surface area (Å²) < 4.78 is 23.8. The Kier molecular flexibility index (Phi) is 18.3. The molecular weight excluding hydrogens is 332 g/mol. The molecule has 0 aromatic rings. The van der Waals surface area contributed by atoms with E-state index in [0.29, 0.717) is 6.54 Å². The summed E-state index contributed by atoms with van der Waals surface area (Å²) in [5, 5.41) is 2.20. The van der Waals surface area contributed by atoms with Crippen molar-refractivity contribution in [3.05, 3.63) is 48.6 Å². The zero-order valence-corrected chi connectivity index (χ0v) is 16.1. The monoisotopic (exact) mass is 367 g/mol. The molecule has 0 rings (SSSR count). The molecule has 0 spiro atoms. The van der Waals surface area contributed by atoms with Gasteiger partial charge in [0.2, 0.25) is 0 Å². The second-order valence-corrected chi connectivity index (χ2v) is 6.18. The molecule has 0 fully saturated rings. The lowest BCUT2D eigenvalue weighted by molar-refractivity contribution is -0.131. The van der Waals surface area contributed by atoms with Gasteiger partial charge in [0.25, 0.3) is 5.91 Å². The lowest BCUT2D eigenvalue weighted by Gasteiger charge is -2.02. The SMILES string of the molecule is CCCCC/C=C\C/C=C\C/C=C\C/C=C\CCCCNC(=O)C(F)F. The van der Waals surface area contributed by atoms with E-state index in [2.05, 4.69) is 60.8 Å². The van der Waals surface area contributed by atoms with Gasteiger partial charge in [-0.2, -0.15) is 8.78 Å². The first-order chi connectivity index (χ1) is 12.7. The van der Waals surface area contributed by atoms with E-state index in [1.165, 1.54) is 25.7 Å². The molecule has 1 N–H and O–H groups in total. The molecule has 0 aliphatic carbocycles. The van der Waals surface area contributed by atoms with E-state index in [1.54, 1.807) is 0 Å². The lowest BCUT2D eigenvalue weighted by atomic mass is 10.2. The minimum absolute atomic E-state index is 0.317. The molecule has 0 unspecified atom stereocenters. The maximum absolute atomic E-state index is 11.9. The average Bonchev–Trinajstić information content (AvgIpc) is 2.63. The first-order valence-electron chi connectivity index (χ1n) is 9.84. The standard InChI is InChI=1S/C22H35F2NO/c1-2-3-4-5-6-7-8-9-10-11-12-13-14-15-16-17-18-19-20-25-22(26)21(23)24/h6-7,9-10,12-13,15-16,21H,2-5,8,11,14,17-20H2,1H3,(H,25,26)/b7-6-,10-9-,13-12-,16-15-. The Morgan fingerprint density at radius 2 is 1.23 bits per heavy atom. The highest BCUT2D eigenvalue weighted by molar-refractivity contribution is 5.78. The number of carbonyl (C=O) groups is 1. The van der Waals surface area contributed by atoms with Crippen molar-refractivity contribution in [2.24, 2.45) is 0 Å². The third kappa shape index (κ3) is 18.6. The number of allylic oxidation sites excluding steroid dienone is 8. The molecule has 0 atom stereocenters. The van der Waals surface area contributed by atoms with Crippen LogP contribution in [0.2, 0.25) is 0 Å². The fraction of sp³-hybridized carbons (Fsp3) is 0.591. The van der Waals surface area contributed by atoms with Crippen molar-refractivity contribution < 1.29 is 13.6 Å². The summed E-state index contributed by atoms with van der Waals surface area (Å²) in [5.41, 5.74) is 0. The summed E-state index contributed by atoms with van der Waals surface area (Å²) in [6.45, 7) is 2.54. The van der Waals surface area contributed by atoms with E-state index in [0.717, 1.165) is 38.5 Å². The average molecular weight is 368 g/mol. The largest absolute Gasteiger partial charge is 0.351 e. The van der Waals surface area contributed by atoms with Crippen LogP contribution in [0.4, 0.5) is 8.78 Å². The van der Waals surface area contributed by atoms with Crippen molar-refractivity contribution >= 4 is 5.91 Å². The van der Waals surface area contributed by atoms with E-state index in [1.807, 2.05) is 0 Å². The smallest absolute Gasteiger partial charge is 0.315 e. The summed E-state index contributed by atoms with van der Waals surface area (Å²) >= 11 is 0. The van der Waals surface area contributed by atoms with E-state index in [9.17, 15) is 13.6 Å². The molecule has 1 amide bonds. The van der Waals surface area contributed by atoms with E-state index >= 15 is 0 Å². The molecule has 0 bridgehead atoms. The number of halogens is 2. The Morgan fingerprint density at radius 3 is 1.69 bits per heavy atom. The Labute approximate surface area is 158 Å². The molecule has 26 heavy (non-hydrogen) atoms. The first-order valence-corrected chi connectivity index (χ1v) is 9.84. The topological polar surface area (TPSA) is 29.1 Å². The second-order valence-electron chi connectivity index (χ2n) is 6.18. The number of nitrogens with one attached hydrogen (secondary N) is 1. The molecule has 0 saturated heterocycles. The molecule has 148 valence electrons. The predicted octanol–water partition coefficient (Wildman–Crippen LogP) is 6.51. The maximum atomic E-state index is 11.9. The highest BCUT2D eigenvalue weighted by Gasteiger charge is 2.12. The maximum Gasteiger partial charge on any atom is 0.315 e. The van der Waals surface area contributed by atoms with Crippen molar-refractivity contribution in [1.29, 1.82) is 0 Å². The second kappa shape index (κ2) is 19.6. The van der Waals surface area contributed by atoms with Gasteiger partial charge >= 0.3 is 6.43 Å². The third-order valence-corrected chi connectivity index (χ3v) is 3.75. The highest BCUT2D eigenvalue weighted by atomic mass is 19.3. The Balaban J connectivity index is 3.42. The van der Waals surface area contributed by atoms with Crippen LogP contribution in [0.3, 0.4) is 0 Å². The summed E-state index contributed by atoms with van der Waals surface area (Å²) in [6, 6.07) is 0. The lowest BCUT2D eigenvalue weighted by Crippen LogP contribution is -2.30. The van der Waals surface area contributed by atoms with Gasteiger partial charge in [-0.1, -0.05) is 68.4 Å². The van der Waals surface area contributed by atoms with Gasteiger partial charge in [-0.15, -0.1) is 0 Å². The van der Waals surface area contributed by atoms with E-state index in [-0.39, 0.29) is 0 Å². The van der Waals surface area contributed by atoms with Crippen LogP contribution in [-0.2, 0) is 4.79 Å². The molecular formula is C22H35F2NO. The number of amides is 1. The van der Waals surface area contributed by atoms with Gasteiger partial charge in [0.1, 0.15) is 0 Å². The number of hydrogen-bond acceptors (Lipinski definition) is 1. The van der Waals surface area contributed by atoms with Crippen molar-refractivity contribution in [2.45, 2.75) is 77.6 Å². The van der Waals surface area contributed by atoms with Crippen LogP contribution in [0.5, 0.6) is 0 Å². The molecule has 0 radical (unpaired) electrons. The summed E-state index contributed by atoms with van der Waals surface area (Å²) in [6.07, 6.45) is 25.0. The fourth-order valence-electron chi connectivity index (χ4n) is 2.24. The van der Waals surface area contributed by atoms with Crippen LogP contribution in [0.1, 0.15) is 71.1 Å². The number of rotatable bonds is 16. The van der Waals surface area contributed by atoms with Crippen molar-refractivity contribution in [1.82, 2.24) is 5.32 Å². The Bertz CT molecular complexity index is 439. The molecule has 0 saturated carbocycles. The number of unbranched alkanes of at least 4 members (excludes halogenated alkanes) is 5. The van der Waals surface area contributed by atoms with Crippen molar-refractivity contribution in [3.63, 3.8) is 0 Å².